The Hall–Kier alpha value is -2.79. The predicted octanol–water partition coefficient (Wildman–Crippen LogP) is 3.49. The standard InChI is InChI=1S/C20H19ClN2O3/c1-12-4-3-5-13(2)19(12)23-18(24)10-22-20(25)15-8-14-9-16(21)6-7-17(14)26-11-15/h3-9H,10-11H2,1-2H3,(H,22,25)(H,23,24). The first kappa shape index (κ1) is 18.0. The number of halogens is 1. The summed E-state index contributed by atoms with van der Waals surface area (Å²) in [6.07, 6.45) is 1.73. The zero-order valence-electron chi connectivity index (χ0n) is 14.6. The molecule has 0 fully saturated rings. The Morgan fingerprint density at radius 1 is 1.15 bits per heavy atom. The largest absolute Gasteiger partial charge is 0.488 e. The minimum absolute atomic E-state index is 0.119. The van der Waals surface area contributed by atoms with Crippen LogP contribution >= 0.6 is 11.6 Å². The highest BCUT2D eigenvalue weighted by Gasteiger charge is 2.18. The van der Waals surface area contributed by atoms with E-state index in [2.05, 4.69) is 10.6 Å². The summed E-state index contributed by atoms with van der Waals surface area (Å²) in [5, 5.41) is 6.03. The number of fused-ring (bicyclic) bond motifs is 1. The van der Waals surface area contributed by atoms with Crippen molar-refractivity contribution in [2.75, 3.05) is 18.5 Å². The van der Waals surface area contributed by atoms with Gasteiger partial charge in [0.2, 0.25) is 5.91 Å². The molecule has 0 bridgehead atoms. The van der Waals surface area contributed by atoms with Gasteiger partial charge >= 0.3 is 0 Å². The summed E-state index contributed by atoms with van der Waals surface area (Å²) in [7, 11) is 0. The van der Waals surface area contributed by atoms with Crippen molar-refractivity contribution in [3.05, 3.63) is 63.7 Å². The molecule has 2 amide bonds. The van der Waals surface area contributed by atoms with Crippen LogP contribution in [0.15, 0.2) is 42.0 Å². The van der Waals surface area contributed by atoms with E-state index in [9.17, 15) is 9.59 Å². The number of nitrogens with one attached hydrogen (secondary N) is 2. The van der Waals surface area contributed by atoms with Crippen molar-refractivity contribution >= 4 is 35.2 Å². The van der Waals surface area contributed by atoms with Crippen LogP contribution in [0.1, 0.15) is 16.7 Å². The molecule has 2 aromatic carbocycles. The van der Waals surface area contributed by atoms with Gasteiger partial charge in [-0.25, -0.2) is 0 Å². The minimum atomic E-state index is -0.340. The Balaban J connectivity index is 1.61. The first-order chi connectivity index (χ1) is 12.4. The molecule has 0 saturated heterocycles. The summed E-state index contributed by atoms with van der Waals surface area (Å²) in [5.41, 5.74) is 3.91. The van der Waals surface area contributed by atoms with Gasteiger partial charge in [0, 0.05) is 16.3 Å². The third kappa shape index (κ3) is 4.06. The van der Waals surface area contributed by atoms with E-state index in [1.807, 2.05) is 32.0 Å². The molecule has 2 aromatic rings. The van der Waals surface area contributed by atoms with E-state index in [-0.39, 0.29) is 25.0 Å². The van der Waals surface area contributed by atoms with Crippen LogP contribution in [0.5, 0.6) is 5.75 Å². The molecule has 134 valence electrons. The maximum absolute atomic E-state index is 12.3. The van der Waals surface area contributed by atoms with Gasteiger partial charge in [-0.2, -0.15) is 0 Å². The number of aryl methyl sites for hydroxylation is 2. The van der Waals surface area contributed by atoms with E-state index >= 15 is 0 Å². The molecule has 0 saturated carbocycles. The Morgan fingerprint density at radius 3 is 2.62 bits per heavy atom. The fraction of sp³-hybridized carbons (Fsp3) is 0.200. The molecule has 5 nitrogen and oxygen atoms in total. The van der Waals surface area contributed by atoms with Crippen molar-refractivity contribution in [1.82, 2.24) is 5.32 Å². The van der Waals surface area contributed by atoms with E-state index < -0.39 is 0 Å². The lowest BCUT2D eigenvalue weighted by Gasteiger charge is -2.18. The summed E-state index contributed by atoms with van der Waals surface area (Å²) in [5.74, 6) is 0.0579. The number of benzene rings is 2. The molecule has 0 aliphatic carbocycles. The van der Waals surface area contributed by atoms with Gasteiger partial charge in [0.1, 0.15) is 12.4 Å². The third-order valence-corrected chi connectivity index (χ3v) is 4.37. The monoisotopic (exact) mass is 370 g/mol. The summed E-state index contributed by atoms with van der Waals surface area (Å²) >= 11 is 5.97. The summed E-state index contributed by atoms with van der Waals surface area (Å²) < 4.78 is 5.56. The number of anilines is 1. The topological polar surface area (TPSA) is 67.4 Å². The second-order valence-electron chi connectivity index (χ2n) is 6.14. The zero-order chi connectivity index (χ0) is 18.7. The molecule has 6 heteroatoms. The molecule has 0 atom stereocenters. The maximum atomic E-state index is 12.3. The van der Waals surface area contributed by atoms with Crippen molar-refractivity contribution < 1.29 is 14.3 Å². The number of hydrogen-bond donors (Lipinski definition) is 2. The van der Waals surface area contributed by atoms with Gasteiger partial charge in [-0.05, 0) is 49.2 Å². The smallest absolute Gasteiger partial charge is 0.251 e. The van der Waals surface area contributed by atoms with Crippen LogP contribution in [0.2, 0.25) is 5.02 Å². The van der Waals surface area contributed by atoms with Crippen LogP contribution in [0.25, 0.3) is 6.08 Å². The number of amides is 2. The van der Waals surface area contributed by atoms with Crippen LogP contribution in [0.4, 0.5) is 5.69 Å². The molecule has 0 unspecified atom stereocenters. The van der Waals surface area contributed by atoms with Crippen molar-refractivity contribution in [2.45, 2.75) is 13.8 Å². The molecular formula is C20H19ClN2O3. The normalized spacial score (nSPS) is 12.5. The molecule has 26 heavy (non-hydrogen) atoms. The predicted molar refractivity (Wildman–Crippen MR) is 102 cm³/mol. The highest BCUT2D eigenvalue weighted by atomic mass is 35.5. The van der Waals surface area contributed by atoms with Crippen molar-refractivity contribution in [3.63, 3.8) is 0 Å². The number of carbonyl (C=O) groups is 2. The molecular weight excluding hydrogens is 352 g/mol. The average Bonchev–Trinajstić information content (AvgIpc) is 2.62. The van der Waals surface area contributed by atoms with Crippen molar-refractivity contribution in [2.24, 2.45) is 0 Å². The first-order valence-electron chi connectivity index (χ1n) is 8.21. The quantitative estimate of drug-likeness (QED) is 0.865. The summed E-state index contributed by atoms with van der Waals surface area (Å²) in [4.78, 5) is 24.5. The van der Waals surface area contributed by atoms with E-state index in [1.54, 1.807) is 24.3 Å². The van der Waals surface area contributed by atoms with E-state index in [1.165, 1.54) is 0 Å². The highest BCUT2D eigenvalue weighted by molar-refractivity contribution is 6.30. The molecule has 1 heterocycles. The summed E-state index contributed by atoms with van der Waals surface area (Å²) in [6, 6.07) is 11.0. The van der Waals surface area contributed by atoms with Gasteiger partial charge in [0.25, 0.3) is 5.91 Å². The number of rotatable bonds is 4. The molecule has 3 rings (SSSR count). The SMILES string of the molecule is Cc1cccc(C)c1NC(=O)CNC(=O)C1=Cc2cc(Cl)ccc2OC1. The lowest BCUT2D eigenvalue weighted by atomic mass is 10.1. The van der Waals surface area contributed by atoms with Crippen molar-refractivity contribution in [1.29, 1.82) is 0 Å². The summed E-state index contributed by atoms with van der Waals surface area (Å²) in [6.45, 7) is 3.88. The Morgan fingerprint density at radius 2 is 1.88 bits per heavy atom. The average molecular weight is 371 g/mol. The fourth-order valence-corrected chi connectivity index (χ4v) is 2.93. The van der Waals surface area contributed by atoms with E-state index in [4.69, 9.17) is 16.3 Å². The van der Waals surface area contributed by atoms with Crippen molar-refractivity contribution in [3.8, 4) is 5.75 Å². The fourth-order valence-electron chi connectivity index (χ4n) is 2.75. The number of carbonyl (C=O) groups excluding carboxylic acids is 2. The van der Waals surface area contributed by atoms with Crippen LogP contribution in [-0.2, 0) is 9.59 Å². The lowest BCUT2D eigenvalue weighted by Crippen LogP contribution is -2.35. The van der Waals surface area contributed by atoms with E-state index in [0.29, 0.717) is 16.3 Å². The lowest BCUT2D eigenvalue weighted by molar-refractivity contribution is -0.121. The van der Waals surface area contributed by atoms with Gasteiger partial charge in [0.15, 0.2) is 0 Å². The van der Waals surface area contributed by atoms with Crippen LogP contribution in [0.3, 0.4) is 0 Å². The van der Waals surface area contributed by atoms with Gasteiger partial charge in [-0.1, -0.05) is 29.8 Å². The minimum Gasteiger partial charge on any atom is -0.488 e. The van der Waals surface area contributed by atoms with Gasteiger partial charge in [0.05, 0.1) is 12.1 Å². The highest BCUT2D eigenvalue weighted by Crippen LogP contribution is 2.28. The van der Waals surface area contributed by atoms with E-state index in [0.717, 1.165) is 22.4 Å². The van der Waals surface area contributed by atoms with Crippen LogP contribution in [-0.4, -0.2) is 25.0 Å². The molecule has 1 aliphatic heterocycles. The van der Waals surface area contributed by atoms with Gasteiger partial charge in [-0.15, -0.1) is 0 Å². The zero-order valence-corrected chi connectivity index (χ0v) is 15.3. The number of hydrogen-bond acceptors (Lipinski definition) is 3. The molecule has 0 aromatic heterocycles. The van der Waals surface area contributed by atoms with Crippen LogP contribution in [0, 0.1) is 13.8 Å². The molecule has 0 radical (unpaired) electrons. The molecule has 1 aliphatic rings. The Kier molecular flexibility index (Phi) is 5.28. The molecule has 2 N–H and O–H groups in total. The Bertz CT molecular complexity index is 886. The number of ether oxygens (including phenoxy) is 1. The number of para-hydroxylation sites is 1. The first-order valence-corrected chi connectivity index (χ1v) is 8.59. The van der Waals surface area contributed by atoms with Gasteiger partial charge in [-0.3, -0.25) is 9.59 Å². The third-order valence-electron chi connectivity index (χ3n) is 4.13. The van der Waals surface area contributed by atoms with Gasteiger partial charge < -0.3 is 15.4 Å². The Labute approximate surface area is 157 Å². The maximum Gasteiger partial charge on any atom is 0.251 e. The second kappa shape index (κ2) is 7.62. The second-order valence-corrected chi connectivity index (χ2v) is 6.57. The molecule has 0 spiro atoms. The van der Waals surface area contributed by atoms with Crippen LogP contribution < -0.4 is 15.4 Å².